The first-order valence-corrected chi connectivity index (χ1v) is 8.25. The number of ether oxygens (including phenoxy) is 1. The number of hydrogen-bond acceptors (Lipinski definition) is 4. The van der Waals surface area contributed by atoms with Gasteiger partial charge in [-0.3, -0.25) is 4.79 Å². The van der Waals surface area contributed by atoms with Crippen molar-refractivity contribution in [1.29, 1.82) is 0 Å². The van der Waals surface area contributed by atoms with Crippen molar-refractivity contribution in [2.75, 3.05) is 0 Å². The molecule has 2 aromatic carbocycles. The van der Waals surface area contributed by atoms with Crippen LogP contribution in [0.15, 0.2) is 47.3 Å². The molecule has 0 aliphatic rings. The van der Waals surface area contributed by atoms with Gasteiger partial charge in [0.1, 0.15) is 17.3 Å². The lowest BCUT2D eigenvalue weighted by Gasteiger charge is -2.11. The minimum atomic E-state index is -1.27. The van der Waals surface area contributed by atoms with E-state index in [9.17, 15) is 14.0 Å². The third-order valence-electron chi connectivity index (χ3n) is 3.77. The number of halogens is 2. The van der Waals surface area contributed by atoms with Gasteiger partial charge in [0.25, 0.3) is 5.56 Å². The molecule has 0 saturated carbocycles. The summed E-state index contributed by atoms with van der Waals surface area (Å²) in [5, 5.41) is 15.7. The molecule has 0 aliphatic heterocycles. The Balaban J connectivity index is 1.88. The predicted molar refractivity (Wildman–Crippen MR) is 97.3 cm³/mol. The summed E-state index contributed by atoms with van der Waals surface area (Å²) in [6.07, 6.45) is 0.411. The number of rotatable bonds is 5. The fraction of sp³-hybridized carbons (Fsp3) is 0.105. The lowest BCUT2D eigenvalue weighted by molar-refractivity contribution is 0.0696. The number of aromatic nitrogens is 2. The van der Waals surface area contributed by atoms with Gasteiger partial charge in [-0.2, -0.15) is 5.10 Å². The summed E-state index contributed by atoms with van der Waals surface area (Å²) in [6, 6.07) is 9.89. The topological polar surface area (TPSA) is 92.3 Å². The van der Waals surface area contributed by atoms with Crippen molar-refractivity contribution < 1.29 is 19.0 Å². The van der Waals surface area contributed by atoms with Gasteiger partial charge in [0.2, 0.25) is 0 Å². The zero-order valence-electron chi connectivity index (χ0n) is 14.1. The summed E-state index contributed by atoms with van der Waals surface area (Å²) in [7, 11) is 0. The van der Waals surface area contributed by atoms with E-state index in [1.54, 1.807) is 31.2 Å². The lowest BCUT2D eigenvalue weighted by Crippen LogP contribution is -2.12. The summed E-state index contributed by atoms with van der Waals surface area (Å²) < 4.78 is 19.2. The predicted octanol–water partition coefficient (Wildman–Crippen LogP) is 3.95. The van der Waals surface area contributed by atoms with E-state index in [-0.39, 0.29) is 27.6 Å². The molecule has 0 fully saturated rings. The number of hydrogen-bond donors (Lipinski definition) is 2. The first kappa shape index (κ1) is 18.6. The van der Waals surface area contributed by atoms with Crippen LogP contribution in [0.3, 0.4) is 0 Å². The molecule has 3 rings (SSSR count). The van der Waals surface area contributed by atoms with Gasteiger partial charge in [0.05, 0.1) is 16.3 Å². The number of nitrogens with zero attached hydrogens (tertiary/aromatic N) is 1. The van der Waals surface area contributed by atoms with Crippen LogP contribution < -0.4 is 10.3 Å². The second kappa shape index (κ2) is 7.59. The van der Waals surface area contributed by atoms with Gasteiger partial charge in [-0.15, -0.1) is 0 Å². The van der Waals surface area contributed by atoms with Crippen LogP contribution in [0.4, 0.5) is 4.39 Å². The molecule has 8 heteroatoms. The summed E-state index contributed by atoms with van der Waals surface area (Å²) in [6.45, 7) is 1.68. The van der Waals surface area contributed by atoms with Gasteiger partial charge < -0.3 is 9.84 Å². The molecule has 6 nitrogen and oxygen atoms in total. The highest BCUT2D eigenvalue weighted by Gasteiger charge is 2.11. The third-order valence-corrected chi connectivity index (χ3v) is 4.08. The fourth-order valence-electron chi connectivity index (χ4n) is 2.47. The molecule has 0 spiro atoms. The molecule has 0 amide bonds. The second-order valence-corrected chi connectivity index (χ2v) is 6.30. The molecule has 0 bridgehead atoms. The van der Waals surface area contributed by atoms with Crippen LogP contribution in [0, 0.1) is 12.7 Å². The lowest BCUT2D eigenvalue weighted by atomic mass is 10.1. The number of benzene rings is 2. The summed E-state index contributed by atoms with van der Waals surface area (Å²) >= 11 is 6.14. The summed E-state index contributed by atoms with van der Waals surface area (Å²) in [5.74, 6) is -1.73. The Morgan fingerprint density at radius 1 is 1.26 bits per heavy atom. The zero-order chi connectivity index (χ0) is 19.6. The van der Waals surface area contributed by atoms with Crippen molar-refractivity contribution in [3.8, 4) is 11.5 Å². The Bertz CT molecular complexity index is 1080. The molecule has 3 aromatic rings. The first-order valence-electron chi connectivity index (χ1n) is 7.87. The maximum Gasteiger partial charge on any atom is 0.335 e. The Labute approximate surface area is 158 Å². The maximum absolute atomic E-state index is 13.6. The molecule has 27 heavy (non-hydrogen) atoms. The Morgan fingerprint density at radius 2 is 2.04 bits per heavy atom. The van der Waals surface area contributed by atoms with Crippen molar-refractivity contribution >= 4 is 17.6 Å². The number of H-pyrrole nitrogens is 1. The largest absolute Gasteiger partial charge is 0.478 e. The van der Waals surface area contributed by atoms with Crippen LogP contribution in [0.5, 0.6) is 11.5 Å². The Kier molecular flexibility index (Phi) is 5.23. The van der Waals surface area contributed by atoms with Crippen LogP contribution in [0.2, 0.25) is 5.02 Å². The van der Waals surface area contributed by atoms with Crippen molar-refractivity contribution in [2.24, 2.45) is 0 Å². The van der Waals surface area contributed by atoms with E-state index >= 15 is 0 Å². The van der Waals surface area contributed by atoms with Crippen molar-refractivity contribution in [2.45, 2.75) is 13.3 Å². The smallest absolute Gasteiger partial charge is 0.335 e. The molecule has 0 aliphatic carbocycles. The van der Waals surface area contributed by atoms with E-state index < -0.39 is 11.8 Å². The maximum atomic E-state index is 13.6. The van der Waals surface area contributed by atoms with Gasteiger partial charge in [-0.1, -0.05) is 17.7 Å². The molecular formula is C19H14ClFN2O4. The third kappa shape index (κ3) is 4.51. The number of aryl methyl sites for hydroxylation is 1. The number of carbonyl (C=O) groups is 1. The van der Waals surface area contributed by atoms with E-state index in [1.165, 1.54) is 6.07 Å². The summed E-state index contributed by atoms with van der Waals surface area (Å²) in [5.41, 5.74) is 1.51. The SMILES string of the molecule is Cc1cc(Cc2ccc(Cl)c(Oc3cc(F)cc(C(=O)O)c3)c2)n[nH]c1=O. The van der Waals surface area contributed by atoms with E-state index in [2.05, 4.69) is 10.2 Å². The molecule has 2 N–H and O–H groups in total. The highest BCUT2D eigenvalue weighted by atomic mass is 35.5. The quantitative estimate of drug-likeness (QED) is 0.690. The number of aromatic carboxylic acids is 1. The molecule has 1 aromatic heterocycles. The van der Waals surface area contributed by atoms with Crippen molar-refractivity contribution in [3.05, 3.63) is 86.0 Å². The van der Waals surface area contributed by atoms with Crippen molar-refractivity contribution in [3.63, 3.8) is 0 Å². The summed E-state index contributed by atoms with van der Waals surface area (Å²) in [4.78, 5) is 22.5. The van der Waals surface area contributed by atoms with Crippen LogP contribution >= 0.6 is 11.6 Å². The van der Waals surface area contributed by atoms with Crippen LogP contribution in [0.25, 0.3) is 0 Å². The van der Waals surface area contributed by atoms with E-state index in [1.807, 2.05) is 0 Å². The normalized spacial score (nSPS) is 10.6. The number of aromatic amines is 1. The van der Waals surface area contributed by atoms with Crippen LogP contribution in [-0.2, 0) is 6.42 Å². The highest BCUT2D eigenvalue weighted by molar-refractivity contribution is 6.32. The van der Waals surface area contributed by atoms with Crippen LogP contribution in [0.1, 0.15) is 27.2 Å². The zero-order valence-corrected chi connectivity index (χ0v) is 14.9. The standard InChI is InChI=1S/C19H14ClFN2O4/c1-10-4-14(22-23-18(10)24)5-11-2-3-16(20)17(6-11)27-15-8-12(19(25)26)7-13(21)9-15/h2-4,6-9H,5H2,1H3,(H,23,24)(H,25,26). The van der Waals surface area contributed by atoms with Gasteiger partial charge in [0, 0.05) is 18.1 Å². The number of carboxylic acid groups (broad SMARTS) is 1. The molecule has 0 atom stereocenters. The Morgan fingerprint density at radius 3 is 2.74 bits per heavy atom. The van der Waals surface area contributed by atoms with Crippen molar-refractivity contribution in [1.82, 2.24) is 10.2 Å². The van der Waals surface area contributed by atoms with Crippen LogP contribution in [-0.4, -0.2) is 21.3 Å². The minimum absolute atomic E-state index is 0.0180. The average molecular weight is 389 g/mol. The minimum Gasteiger partial charge on any atom is -0.478 e. The molecule has 0 saturated heterocycles. The number of nitrogens with one attached hydrogen (secondary N) is 1. The first-order chi connectivity index (χ1) is 12.8. The molecule has 0 radical (unpaired) electrons. The monoisotopic (exact) mass is 388 g/mol. The van der Waals surface area contributed by atoms with Gasteiger partial charge in [-0.05, 0) is 42.8 Å². The Hall–Kier alpha value is -3.19. The van der Waals surface area contributed by atoms with Gasteiger partial charge in [-0.25, -0.2) is 14.3 Å². The molecule has 0 unspecified atom stereocenters. The van der Waals surface area contributed by atoms with E-state index in [0.29, 0.717) is 17.7 Å². The average Bonchev–Trinajstić information content (AvgIpc) is 2.60. The molecule has 1 heterocycles. The van der Waals surface area contributed by atoms with E-state index in [0.717, 1.165) is 17.7 Å². The van der Waals surface area contributed by atoms with Gasteiger partial charge in [0.15, 0.2) is 0 Å². The highest BCUT2D eigenvalue weighted by Crippen LogP contribution is 2.31. The number of carboxylic acids is 1. The van der Waals surface area contributed by atoms with Gasteiger partial charge >= 0.3 is 5.97 Å². The molecule has 138 valence electrons. The second-order valence-electron chi connectivity index (χ2n) is 5.90. The van der Waals surface area contributed by atoms with E-state index in [4.69, 9.17) is 21.4 Å². The fourth-order valence-corrected chi connectivity index (χ4v) is 2.62. The molecular weight excluding hydrogens is 375 g/mol.